The molecule has 1 aromatic heterocycles. The van der Waals surface area contributed by atoms with Crippen LogP contribution in [0.5, 0.6) is 0 Å². The molecule has 0 aromatic carbocycles. The second-order valence-corrected chi connectivity index (χ2v) is 8.09. The van der Waals surface area contributed by atoms with E-state index >= 15 is 0 Å². The van der Waals surface area contributed by atoms with Gasteiger partial charge in [0, 0.05) is 37.8 Å². The molecule has 0 spiro atoms. The van der Waals surface area contributed by atoms with Gasteiger partial charge in [0.1, 0.15) is 11.4 Å². The van der Waals surface area contributed by atoms with E-state index in [0.717, 1.165) is 12.8 Å². The minimum atomic E-state index is -0.536. The number of aromatic nitrogens is 1. The number of hydrogen-bond donors (Lipinski definition) is 1. The number of amides is 3. The van der Waals surface area contributed by atoms with Gasteiger partial charge in [0.2, 0.25) is 5.91 Å². The first kappa shape index (κ1) is 19.1. The van der Waals surface area contributed by atoms with Gasteiger partial charge in [0.05, 0.1) is 6.04 Å². The number of pyridine rings is 1. The minimum absolute atomic E-state index is 0.0186. The van der Waals surface area contributed by atoms with Gasteiger partial charge in [0.25, 0.3) is 5.91 Å². The first-order valence-corrected chi connectivity index (χ1v) is 9.18. The minimum Gasteiger partial charge on any atom is -0.444 e. The fourth-order valence-electron chi connectivity index (χ4n) is 3.05. The maximum atomic E-state index is 13.1. The molecule has 1 aliphatic heterocycles. The van der Waals surface area contributed by atoms with Crippen LogP contribution in [0.2, 0.25) is 0 Å². The molecule has 3 amide bonds. The van der Waals surface area contributed by atoms with Crippen molar-refractivity contribution in [3.05, 3.63) is 23.9 Å². The first-order valence-electron chi connectivity index (χ1n) is 9.18. The van der Waals surface area contributed by atoms with Gasteiger partial charge in [-0.05, 0) is 45.7 Å². The van der Waals surface area contributed by atoms with E-state index in [4.69, 9.17) is 4.74 Å². The molecule has 1 saturated carbocycles. The highest BCUT2D eigenvalue weighted by Gasteiger charge is 2.45. The molecule has 1 saturated heterocycles. The van der Waals surface area contributed by atoms with Crippen LogP contribution >= 0.6 is 0 Å². The molecule has 146 valence electrons. The fraction of sp³-hybridized carbons (Fsp3) is 0.579. The van der Waals surface area contributed by atoms with Crippen molar-refractivity contribution in [3.63, 3.8) is 0 Å². The Labute approximate surface area is 158 Å². The summed E-state index contributed by atoms with van der Waals surface area (Å²) in [5.74, 6) is 0.0200. The third-order valence-electron chi connectivity index (χ3n) is 4.39. The average molecular weight is 374 g/mol. The summed E-state index contributed by atoms with van der Waals surface area (Å²) >= 11 is 0. The van der Waals surface area contributed by atoms with Crippen LogP contribution in [0.4, 0.5) is 10.6 Å². The largest absolute Gasteiger partial charge is 0.444 e. The fourth-order valence-corrected chi connectivity index (χ4v) is 3.05. The van der Waals surface area contributed by atoms with Gasteiger partial charge in [-0.3, -0.25) is 9.59 Å². The molecule has 8 heteroatoms. The first-order chi connectivity index (χ1) is 12.6. The molecule has 1 N–H and O–H groups in total. The van der Waals surface area contributed by atoms with Crippen molar-refractivity contribution in [2.75, 3.05) is 18.4 Å². The summed E-state index contributed by atoms with van der Waals surface area (Å²) in [6.07, 6.45) is 3.10. The molecule has 0 unspecified atom stereocenters. The molecule has 1 aromatic rings. The Bertz CT molecular complexity index is 748. The monoisotopic (exact) mass is 374 g/mol. The number of anilines is 1. The summed E-state index contributed by atoms with van der Waals surface area (Å²) in [6, 6.07) is 3.42. The van der Waals surface area contributed by atoms with E-state index < -0.39 is 5.60 Å². The summed E-state index contributed by atoms with van der Waals surface area (Å²) in [6.45, 7) is 7.84. The van der Waals surface area contributed by atoms with Gasteiger partial charge in [-0.25, -0.2) is 9.78 Å². The molecule has 0 atom stereocenters. The highest BCUT2D eigenvalue weighted by atomic mass is 16.6. The van der Waals surface area contributed by atoms with Crippen molar-refractivity contribution in [1.82, 2.24) is 14.8 Å². The number of nitrogens with zero attached hydrogens (tertiary/aromatic N) is 3. The highest BCUT2D eigenvalue weighted by molar-refractivity contribution is 5.96. The SMILES string of the molecule is CC(=O)Nc1cc(C(=O)N(C2CC2)C2CN(C(=O)OC(C)(C)C)C2)ccn1. The van der Waals surface area contributed by atoms with E-state index in [0.29, 0.717) is 24.5 Å². The zero-order valence-corrected chi connectivity index (χ0v) is 16.2. The maximum absolute atomic E-state index is 13.1. The van der Waals surface area contributed by atoms with Crippen LogP contribution in [0.3, 0.4) is 0 Å². The normalized spacial score (nSPS) is 17.1. The molecule has 2 heterocycles. The quantitative estimate of drug-likeness (QED) is 0.873. The number of likely N-dealkylation sites (tertiary alicyclic amines) is 1. The molecule has 8 nitrogen and oxygen atoms in total. The summed E-state index contributed by atoms with van der Waals surface area (Å²) in [5.41, 5.74) is -0.0536. The predicted octanol–water partition coefficient (Wildman–Crippen LogP) is 2.26. The number of nitrogens with one attached hydrogen (secondary N) is 1. The average Bonchev–Trinajstić information content (AvgIpc) is 3.32. The Hall–Kier alpha value is -2.64. The van der Waals surface area contributed by atoms with Gasteiger partial charge >= 0.3 is 6.09 Å². The van der Waals surface area contributed by atoms with Crippen LogP contribution in [0.1, 0.15) is 50.9 Å². The van der Waals surface area contributed by atoms with Crippen LogP contribution in [0.15, 0.2) is 18.3 Å². The van der Waals surface area contributed by atoms with Crippen molar-refractivity contribution in [3.8, 4) is 0 Å². The second kappa shape index (κ2) is 7.17. The lowest BCUT2D eigenvalue weighted by Crippen LogP contribution is -2.63. The summed E-state index contributed by atoms with van der Waals surface area (Å²) in [4.78, 5) is 43.9. The van der Waals surface area contributed by atoms with E-state index in [2.05, 4.69) is 10.3 Å². The summed E-state index contributed by atoms with van der Waals surface area (Å²) in [7, 11) is 0. The van der Waals surface area contributed by atoms with E-state index in [9.17, 15) is 14.4 Å². The number of carbonyl (C=O) groups excluding carboxylic acids is 3. The molecule has 2 aliphatic rings. The zero-order valence-electron chi connectivity index (χ0n) is 16.2. The third kappa shape index (κ3) is 4.75. The molecular weight excluding hydrogens is 348 g/mol. The van der Waals surface area contributed by atoms with Crippen LogP contribution in [-0.2, 0) is 9.53 Å². The molecule has 0 bridgehead atoms. The molecule has 27 heavy (non-hydrogen) atoms. The van der Waals surface area contributed by atoms with Gasteiger partial charge in [-0.2, -0.15) is 0 Å². The van der Waals surface area contributed by atoms with E-state index in [1.54, 1.807) is 17.0 Å². The Balaban J connectivity index is 1.66. The van der Waals surface area contributed by atoms with Crippen LogP contribution in [0, 0.1) is 0 Å². The summed E-state index contributed by atoms with van der Waals surface area (Å²) < 4.78 is 5.38. The number of hydrogen-bond acceptors (Lipinski definition) is 5. The van der Waals surface area contributed by atoms with E-state index in [-0.39, 0.29) is 30.0 Å². The lowest BCUT2D eigenvalue weighted by atomic mass is 10.1. The van der Waals surface area contributed by atoms with Crippen molar-refractivity contribution in [2.45, 2.75) is 58.2 Å². The van der Waals surface area contributed by atoms with E-state index in [1.807, 2.05) is 25.7 Å². The van der Waals surface area contributed by atoms with Gasteiger partial charge in [-0.1, -0.05) is 0 Å². The Morgan fingerprint density at radius 1 is 1.22 bits per heavy atom. The molecule has 0 radical (unpaired) electrons. The molecule has 3 rings (SSSR count). The molecular formula is C19H26N4O4. The highest BCUT2D eigenvalue weighted by Crippen LogP contribution is 2.33. The summed E-state index contributed by atoms with van der Waals surface area (Å²) in [5, 5.41) is 2.59. The maximum Gasteiger partial charge on any atom is 0.410 e. The van der Waals surface area contributed by atoms with Gasteiger partial charge in [0.15, 0.2) is 0 Å². The third-order valence-corrected chi connectivity index (χ3v) is 4.39. The molecule has 1 aliphatic carbocycles. The smallest absolute Gasteiger partial charge is 0.410 e. The Kier molecular flexibility index (Phi) is 5.08. The van der Waals surface area contributed by atoms with Gasteiger partial charge < -0.3 is 19.9 Å². The van der Waals surface area contributed by atoms with Gasteiger partial charge in [-0.15, -0.1) is 0 Å². The van der Waals surface area contributed by atoms with Crippen molar-refractivity contribution in [2.24, 2.45) is 0 Å². The number of ether oxygens (including phenoxy) is 1. The standard InChI is InChI=1S/C19H26N4O4/c1-12(24)21-16-9-13(7-8-20-16)17(25)23(14-5-6-14)15-10-22(11-15)18(26)27-19(2,3)4/h7-9,14-15H,5-6,10-11H2,1-4H3,(H,20,21,24). The Morgan fingerprint density at radius 3 is 2.44 bits per heavy atom. The van der Waals surface area contributed by atoms with Crippen LogP contribution in [0.25, 0.3) is 0 Å². The zero-order chi connectivity index (χ0) is 19.8. The molecule has 2 fully saturated rings. The number of carbonyl (C=O) groups is 3. The van der Waals surface area contributed by atoms with Crippen molar-refractivity contribution >= 4 is 23.7 Å². The predicted molar refractivity (Wildman–Crippen MR) is 99.3 cm³/mol. The topological polar surface area (TPSA) is 91.8 Å². The Morgan fingerprint density at radius 2 is 1.89 bits per heavy atom. The lowest BCUT2D eigenvalue weighted by Gasteiger charge is -2.45. The second-order valence-electron chi connectivity index (χ2n) is 8.09. The van der Waals surface area contributed by atoms with Crippen molar-refractivity contribution in [1.29, 1.82) is 0 Å². The van der Waals surface area contributed by atoms with Crippen molar-refractivity contribution < 1.29 is 19.1 Å². The number of rotatable bonds is 4. The lowest BCUT2D eigenvalue weighted by molar-refractivity contribution is -0.114. The van der Waals surface area contributed by atoms with Crippen LogP contribution < -0.4 is 5.32 Å². The van der Waals surface area contributed by atoms with E-state index in [1.165, 1.54) is 13.1 Å². The van der Waals surface area contributed by atoms with Crippen LogP contribution in [-0.4, -0.2) is 63.5 Å².